The number of carbonyl (C=O) groups is 1. The van der Waals surface area contributed by atoms with Crippen molar-refractivity contribution in [2.75, 3.05) is 5.32 Å². The molecule has 1 aliphatic rings. The normalized spacial score (nSPS) is 16.4. The molecule has 6 heteroatoms. The fourth-order valence-electron chi connectivity index (χ4n) is 3.33. The minimum atomic E-state index is -0.0291. The van der Waals surface area contributed by atoms with Crippen LogP contribution >= 0.6 is 0 Å². The molecule has 4 rings (SSSR count). The van der Waals surface area contributed by atoms with Gasteiger partial charge in [-0.1, -0.05) is 30.3 Å². The quantitative estimate of drug-likeness (QED) is 0.797. The van der Waals surface area contributed by atoms with Crippen LogP contribution < -0.4 is 5.32 Å². The number of anilines is 1. The Morgan fingerprint density at radius 3 is 2.96 bits per heavy atom. The first-order valence-electron chi connectivity index (χ1n) is 8.57. The molecule has 6 nitrogen and oxygen atoms in total. The third kappa shape index (κ3) is 3.47. The number of nitrogens with one attached hydrogen (secondary N) is 1. The summed E-state index contributed by atoms with van der Waals surface area (Å²) in [5, 5.41) is 7.34. The molecule has 0 spiro atoms. The maximum atomic E-state index is 12.6. The average Bonchev–Trinajstić information content (AvgIpc) is 3.20. The summed E-state index contributed by atoms with van der Waals surface area (Å²) in [5.41, 5.74) is 2.94. The molecule has 1 amide bonds. The van der Waals surface area contributed by atoms with E-state index in [0.29, 0.717) is 13.1 Å². The Morgan fingerprint density at radius 2 is 2.12 bits per heavy atom. The van der Waals surface area contributed by atoms with Crippen molar-refractivity contribution < 1.29 is 4.79 Å². The highest BCUT2D eigenvalue weighted by Crippen LogP contribution is 2.21. The predicted molar refractivity (Wildman–Crippen MR) is 95.2 cm³/mol. The number of aryl methyl sites for hydroxylation is 2. The molecule has 0 bridgehead atoms. The van der Waals surface area contributed by atoms with Gasteiger partial charge in [0.15, 0.2) is 0 Å². The molecule has 128 valence electrons. The third-order valence-corrected chi connectivity index (χ3v) is 4.57. The number of rotatable bonds is 4. The molecule has 1 unspecified atom stereocenters. The highest BCUT2D eigenvalue weighted by Gasteiger charge is 2.25. The Bertz CT molecular complexity index is 880. The largest absolute Gasteiger partial charge is 0.334 e. The van der Waals surface area contributed by atoms with Crippen LogP contribution in [0.2, 0.25) is 0 Å². The van der Waals surface area contributed by atoms with Crippen molar-refractivity contribution in [3.05, 3.63) is 66.0 Å². The maximum absolute atomic E-state index is 12.6. The predicted octanol–water partition coefficient (Wildman–Crippen LogP) is 2.64. The minimum Gasteiger partial charge on any atom is -0.334 e. The number of imidazole rings is 1. The van der Waals surface area contributed by atoms with Crippen molar-refractivity contribution in [1.29, 1.82) is 0 Å². The lowest BCUT2D eigenvalue weighted by atomic mass is 9.98. The number of nitrogens with zero attached hydrogens (tertiary/aromatic N) is 4. The van der Waals surface area contributed by atoms with Gasteiger partial charge in [0.2, 0.25) is 5.91 Å². The van der Waals surface area contributed by atoms with Crippen LogP contribution in [0.1, 0.15) is 23.5 Å². The zero-order chi connectivity index (χ0) is 17.2. The van der Waals surface area contributed by atoms with Gasteiger partial charge in [-0.05, 0) is 18.9 Å². The van der Waals surface area contributed by atoms with Crippen LogP contribution in [-0.2, 0) is 24.3 Å². The molecule has 0 saturated heterocycles. The van der Waals surface area contributed by atoms with Crippen LogP contribution in [-0.4, -0.2) is 25.2 Å². The van der Waals surface area contributed by atoms with Crippen molar-refractivity contribution in [1.82, 2.24) is 19.3 Å². The number of aromatic nitrogens is 4. The van der Waals surface area contributed by atoms with E-state index in [0.717, 1.165) is 30.0 Å². The van der Waals surface area contributed by atoms with Gasteiger partial charge in [0.05, 0.1) is 30.0 Å². The number of carbonyl (C=O) groups excluding carboxylic acids is 1. The molecule has 2 aromatic heterocycles. The highest BCUT2D eigenvalue weighted by atomic mass is 16.1. The molecular weight excluding hydrogens is 314 g/mol. The zero-order valence-electron chi connectivity index (χ0n) is 14.2. The summed E-state index contributed by atoms with van der Waals surface area (Å²) >= 11 is 0. The number of benzene rings is 1. The van der Waals surface area contributed by atoms with Gasteiger partial charge in [-0.3, -0.25) is 9.48 Å². The fourth-order valence-corrected chi connectivity index (χ4v) is 3.33. The number of hydrogen-bond donors (Lipinski definition) is 1. The highest BCUT2D eigenvalue weighted by molar-refractivity contribution is 5.92. The SMILES string of the molecule is Cc1cn2c(n1)CCC(C(=O)Nc1cnn(Cc3ccccc3)c1)C2. The van der Waals surface area contributed by atoms with Gasteiger partial charge in [-0.15, -0.1) is 0 Å². The Kier molecular flexibility index (Phi) is 4.09. The van der Waals surface area contributed by atoms with Crippen LogP contribution in [0.15, 0.2) is 48.9 Å². The second-order valence-electron chi connectivity index (χ2n) is 6.59. The van der Waals surface area contributed by atoms with E-state index in [1.54, 1.807) is 6.20 Å². The summed E-state index contributed by atoms with van der Waals surface area (Å²) in [6, 6.07) is 10.1. The van der Waals surface area contributed by atoms with Gasteiger partial charge in [0.25, 0.3) is 0 Å². The molecule has 1 aliphatic heterocycles. The minimum absolute atomic E-state index is 0.0291. The lowest BCUT2D eigenvalue weighted by molar-refractivity contribution is -0.120. The molecule has 0 saturated carbocycles. The van der Waals surface area contributed by atoms with E-state index in [2.05, 4.69) is 32.1 Å². The average molecular weight is 335 g/mol. The first kappa shape index (κ1) is 15.6. The molecule has 0 fully saturated rings. The lowest BCUT2D eigenvalue weighted by Crippen LogP contribution is -2.30. The number of fused-ring (bicyclic) bond motifs is 1. The Hall–Kier alpha value is -2.89. The second-order valence-corrected chi connectivity index (χ2v) is 6.59. The van der Waals surface area contributed by atoms with Crippen molar-refractivity contribution in [3.8, 4) is 0 Å². The summed E-state index contributed by atoms with van der Waals surface area (Å²) in [6.45, 7) is 3.37. The summed E-state index contributed by atoms with van der Waals surface area (Å²) in [7, 11) is 0. The van der Waals surface area contributed by atoms with Gasteiger partial charge in [0.1, 0.15) is 5.82 Å². The van der Waals surface area contributed by atoms with Gasteiger partial charge < -0.3 is 9.88 Å². The summed E-state index contributed by atoms with van der Waals surface area (Å²) in [4.78, 5) is 17.1. The topological polar surface area (TPSA) is 64.7 Å². The van der Waals surface area contributed by atoms with E-state index in [9.17, 15) is 4.79 Å². The maximum Gasteiger partial charge on any atom is 0.229 e. The van der Waals surface area contributed by atoms with E-state index >= 15 is 0 Å². The van der Waals surface area contributed by atoms with Crippen molar-refractivity contribution in [2.45, 2.75) is 32.9 Å². The van der Waals surface area contributed by atoms with Crippen LogP contribution in [0.5, 0.6) is 0 Å². The van der Waals surface area contributed by atoms with Gasteiger partial charge in [-0.25, -0.2) is 4.98 Å². The molecule has 1 atom stereocenters. The Balaban J connectivity index is 1.38. The summed E-state index contributed by atoms with van der Waals surface area (Å²) in [5.74, 6) is 1.10. The van der Waals surface area contributed by atoms with Gasteiger partial charge >= 0.3 is 0 Å². The summed E-state index contributed by atoms with van der Waals surface area (Å²) in [6.07, 6.45) is 7.28. The molecule has 0 radical (unpaired) electrons. The van der Waals surface area contributed by atoms with E-state index < -0.39 is 0 Å². The third-order valence-electron chi connectivity index (χ3n) is 4.57. The van der Waals surface area contributed by atoms with Crippen LogP contribution in [0.25, 0.3) is 0 Å². The lowest BCUT2D eigenvalue weighted by Gasteiger charge is -2.22. The monoisotopic (exact) mass is 335 g/mol. The van der Waals surface area contributed by atoms with Crippen molar-refractivity contribution in [3.63, 3.8) is 0 Å². The molecule has 3 heterocycles. The summed E-state index contributed by atoms with van der Waals surface area (Å²) < 4.78 is 3.94. The van der Waals surface area contributed by atoms with Crippen LogP contribution in [0.4, 0.5) is 5.69 Å². The molecule has 1 aromatic carbocycles. The van der Waals surface area contributed by atoms with Crippen LogP contribution in [0, 0.1) is 12.8 Å². The first-order valence-corrected chi connectivity index (χ1v) is 8.57. The standard InChI is InChI=1S/C19H21N5O/c1-14-10-23-12-16(7-8-18(23)21-14)19(25)22-17-9-20-24(13-17)11-15-5-3-2-4-6-15/h2-6,9-10,13,16H,7-8,11-12H2,1H3,(H,22,25). The fraction of sp³-hybridized carbons (Fsp3) is 0.316. The van der Waals surface area contributed by atoms with Crippen LogP contribution in [0.3, 0.4) is 0 Å². The van der Waals surface area contributed by atoms with E-state index in [1.165, 1.54) is 5.56 Å². The second kappa shape index (κ2) is 6.55. The molecular formula is C19H21N5O. The van der Waals surface area contributed by atoms with Crippen molar-refractivity contribution >= 4 is 11.6 Å². The van der Waals surface area contributed by atoms with E-state index in [1.807, 2.05) is 42.2 Å². The first-order chi connectivity index (χ1) is 12.2. The smallest absolute Gasteiger partial charge is 0.229 e. The Morgan fingerprint density at radius 1 is 1.28 bits per heavy atom. The number of amides is 1. The molecule has 0 aliphatic carbocycles. The Labute approximate surface area is 146 Å². The molecule has 1 N–H and O–H groups in total. The molecule has 3 aromatic rings. The van der Waals surface area contributed by atoms with Gasteiger partial charge in [-0.2, -0.15) is 5.10 Å². The van der Waals surface area contributed by atoms with Gasteiger partial charge in [0, 0.05) is 25.4 Å². The number of hydrogen-bond acceptors (Lipinski definition) is 3. The van der Waals surface area contributed by atoms with E-state index in [-0.39, 0.29) is 11.8 Å². The molecule has 25 heavy (non-hydrogen) atoms. The van der Waals surface area contributed by atoms with Crippen molar-refractivity contribution in [2.24, 2.45) is 5.92 Å². The van der Waals surface area contributed by atoms with E-state index in [4.69, 9.17) is 0 Å². The zero-order valence-corrected chi connectivity index (χ0v) is 14.2.